The van der Waals surface area contributed by atoms with Crippen LogP contribution in [0.3, 0.4) is 0 Å². The molecule has 2 atom stereocenters. The van der Waals surface area contributed by atoms with Crippen LogP contribution in [0.4, 0.5) is 0 Å². The SMILES string of the molecule is CCNC(=NCCC(CC)N1CCCC1=O)N1CCC(c2ccccc2)C1. The van der Waals surface area contributed by atoms with E-state index in [0.29, 0.717) is 17.9 Å². The number of nitrogens with one attached hydrogen (secondary N) is 1. The van der Waals surface area contributed by atoms with Crippen molar-refractivity contribution in [1.29, 1.82) is 0 Å². The van der Waals surface area contributed by atoms with Gasteiger partial charge in [-0.25, -0.2) is 0 Å². The highest BCUT2D eigenvalue weighted by Gasteiger charge is 2.27. The van der Waals surface area contributed by atoms with Crippen LogP contribution < -0.4 is 5.32 Å². The number of carbonyl (C=O) groups excluding carboxylic acids is 1. The maximum atomic E-state index is 12.0. The van der Waals surface area contributed by atoms with Crippen molar-refractivity contribution < 1.29 is 4.79 Å². The number of hydrogen-bond acceptors (Lipinski definition) is 2. The monoisotopic (exact) mass is 370 g/mol. The highest BCUT2D eigenvalue weighted by Crippen LogP contribution is 2.27. The standard InChI is InChI=1S/C22H34N4O/c1-3-20(26-15-8-11-21(26)27)12-14-24-22(23-4-2)25-16-13-19(17-25)18-9-6-5-7-10-18/h5-7,9-10,19-20H,3-4,8,11-17H2,1-2H3,(H,23,24). The van der Waals surface area contributed by atoms with Gasteiger partial charge in [0.15, 0.2) is 5.96 Å². The molecule has 2 unspecified atom stereocenters. The van der Waals surface area contributed by atoms with Gasteiger partial charge in [0.1, 0.15) is 0 Å². The first-order valence-electron chi connectivity index (χ1n) is 10.6. The molecule has 1 amide bonds. The van der Waals surface area contributed by atoms with E-state index in [1.807, 2.05) is 0 Å². The van der Waals surface area contributed by atoms with Crippen molar-refractivity contribution in [3.63, 3.8) is 0 Å². The number of nitrogens with zero attached hydrogens (tertiary/aromatic N) is 3. The lowest BCUT2D eigenvalue weighted by Crippen LogP contribution is -2.40. The van der Waals surface area contributed by atoms with E-state index in [0.717, 1.165) is 64.4 Å². The Hall–Kier alpha value is -2.04. The summed E-state index contributed by atoms with van der Waals surface area (Å²) in [4.78, 5) is 21.4. The molecule has 3 rings (SSSR count). The average Bonchev–Trinajstić information content (AvgIpc) is 3.35. The molecule has 1 aromatic carbocycles. The maximum Gasteiger partial charge on any atom is 0.222 e. The Morgan fingerprint density at radius 3 is 2.74 bits per heavy atom. The minimum absolute atomic E-state index is 0.322. The van der Waals surface area contributed by atoms with Crippen molar-refractivity contribution in [3.05, 3.63) is 35.9 Å². The first kappa shape index (κ1) is 19.7. The lowest BCUT2D eigenvalue weighted by molar-refractivity contribution is -0.129. The van der Waals surface area contributed by atoms with Crippen molar-refractivity contribution in [3.8, 4) is 0 Å². The molecule has 2 heterocycles. The fraction of sp³-hybridized carbons (Fsp3) is 0.636. The summed E-state index contributed by atoms with van der Waals surface area (Å²) in [7, 11) is 0. The molecule has 5 heteroatoms. The Morgan fingerprint density at radius 1 is 1.26 bits per heavy atom. The largest absolute Gasteiger partial charge is 0.357 e. The van der Waals surface area contributed by atoms with Gasteiger partial charge in [-0.3, -0.25) is 9.79 Å². The lowest BCUT2D eigenvalue weighted by atomic mass is 9.99. The summed E-state index contributed by atoms with van der Waals surface area (Å²) in [5, 5.41) is 3.46. The normalized spacial score (nSPS) is 21.8. The topological polar surface area (TPSA) is 47.9 Å². The highest BCUT2D eigenvalue weighted by atomic mass is 16.2. The molecule has 1 N–H and O–H groups in total. The number of guanidine groups is 1. The quantitative estimate of drug-likeness (QED) is 0.592. The molecule has 2 aliphatic heterocycles. The minimum Gasteiger partial charge on any atom is -0.357 e. The number of rotatable bonds is 7. The van der Waals surface area contributed by atoms with E-state index in [4.69, 9.17) is 4.99 Å². The second-order valence-corrected chi connectivity index (χ2v) is 7.62. The number of hydrogen-bond donors (Lipinski definition) is 1. The summed E-state index contributed by atoms with van der Waals surface area (Å²) >= 11 is 0. The van der Waals surface area contributed by atoms with Gasteiger partial charge in [-0.05, 0) is 38.2 Å². The number of carbonyl (C=O) groups is 1. The summed E-state index contributed by atoms with van der Waals surface area (Å²) < 4.78 is 0. The zero-order chi connectivity index (χ0) is 19.1. The van der Waals surface area contributed by atoms with Gasteiger partial charge < -0.3 is 15.1 Å². The van der Waals surface area contributed by atoms with Gasteiger partial charge in [0.2, 0.25) is 5.91 Å². The third-order valence-corrected chi connectivity index (χ3v) is 5.84. The molecule has 2 saturated heterocycles. The molecule has 2 aliphatic rings. The van der Waals surface area contributed by atoms with E-state index in [-0.39, 0.29) is 0 Å². The molecule has 0 bridgehead atoms. The van der Waals surface area contributed by atoms with Crippen molar-refractivity contribution in [1.82, 2.24) is 15.1 Å². The van der Waals surface area contributed by atoms with Crippen LogP contribution in [0.5, 0.6) is 0 Å². The number of amides is 1. The van der Waals surface area contributed by atoms with Gasteiger partial charge in [-0.2, -0.15) is 0 Å². The molecule has 1 aromatic rings. The number of aliphatic imine (C=N–C) groups is 1. The third kappa shape index (κ3) is 5.02. The zero-order valence-electron chi connectivity index (χ0n) is 16.9. The van der Waals surface area contributed by atoms with Gasteiger partial charge in [0.25, 0.3) is 0 Å². The summed E-state index contributed by atoms with van der Waals surface area (Å²) in [6.45, 7) is 8.95. The van der Waals surface area contributed by atoms with Crippen LogP contribution in [0.1, 0.15) is 57.4 Å². The molecule has 27 heavy (non-hydrogen) atoms. The van der Waals surface area contributed by atoms with Crippen LogP contribution in [0.15, 0.2) is 35.3 Å². The fourth-order valence-corrected chi connectivity index (χ4v) is 4.33. The van der Waals surface area contributed by atoms with Gasteiger partial charge in [0.05, 0.1) is 0 Å². The van der Waals surface area contributed by atoms with Crippen molar-refractivity contribution in [2.75, 3.05) is 32.7 Å². The highest BCUT2D eigenvalue weighted by molar-refractivity contribution is 5.80. The Kier molecular flexibility index (Phi) is 7.13. The number of likely N-dealkylation sites (tertiary alicyclic amines) is 2. The molecule has 148 valence electrons. The van der Waals surface area contributed by atoms with Gasteiger partial charge >= 0.3 is 0 Å². The van der Waals surface area contributed by atoms with E-state index < -0.39 is 0 Å². The van der Waals surface area contributed by atoms with Crippen LogP contribution >= 0.6 is 0 Å². The van der Waals surface area contributed by atoms with Crippen LogP contribution in [-0.2, 0) is 4.79 Å². The van der Waals surface area contributed by atoms with Crippen molar-refractivity contribution in [2.24, 2.45) is 4.99 Å². The third-order valence-electron chi connectivity index (χ3n) is 5.84. The summed E-state index contributed by atoms with van der Waals surface area (Å²) in [6.07, 6.45) is 4.87. The average molecular weight is 371 g/mol. The molecule has 0 aliphatic carbocycles. The molecule has 0 aromatic heterocycles. The maximum absolute atomic E-state index is 12.0. The first-order chi connectivity index (χ1) is 13.2. The Bertz CT molecular complexity index is 630. The lowest BCUT2D eigenvalue weighted by Gasteiger charge is -2.27. The second kappa shape index (κ2) is 9.77. The Balaban J connectivity index is 1.57. The molecule has 0 radical (unpaired) electrons. The van der Waals surface area contributed by atoms with E-state index >= 15 is 0 Å². The van der Waals surface area contributed by atoms with Crippen molar-refractivity contribution in [2.45, 2.75) is 57.9 Å². The Morgan fingerprint density at radius 2 is 2.07 bits per heavy atom. The van der Waals surface area contributed by atoms with Crippen LogP contribution in [0, 0.1) is 0 Å². The molecular formula is C22H34N4O. The fourth-order valence-electron chi connectivity index (χ4n) is 4.33. The molecular weight excluding hydrogens is 336 g/mol. The van der Waals surface area contributed by atoms with E-state index in [2.05, 4.69) is 59.3 Å². The summed E-state index contributed by atoms with van der Waals surface area (Å²) in [5.74, 6) is 1.93. The molecule has 0 saturated carbocycles. The van der Waals surface area contributed by atoms with Crippen LogP contribution in [0.25, 0.3) is 0 Å². The second-order valence-electron chi connectivity index (χ2n) is 7.62. The van der Waals surface area contributed by atoms with E-state index in [1.165, 1.54) is 12.0 Å². The van der Waals surface area contributed by atoms with Crippen LogP contribution in [-0.4, -0.2) is 60.4 Å². The van der Waals surface area contributed by atoms with E-state index in [9.17, 15) is 4.79 Å². The molecule has 5 nitrogen and oxygen atoms in total. The van der Waals surface area contributed by atoms with Gasteiger partial charge in [-0.1, -0.05) is 37.3 Å². The Labute approximate surface area is 163 Å². The zero-order valence-corrected chi connectivity index (χ0v) is 16.9. The van der Waals surface area contributed by atoms with Crippen LogP contribution in [0.2, 0.25) is 0 Å². The number of benzene rings is 1. The first-order valence-corrected chi connectivity index (χ1v) is 10.6. The predicted octanol–water partition coefficient (Wildman–Crippen LogP) is 3.23. The smallest absolute Gasteiger partial charge is 0.222 e. The van der Waals surface area contributed by atoms with E-state index in [1.54, 1.807) is 0 Å². The van der Waals surface area contributed by atoms with Crippen molar-refractivity contribution >= 4 is 11.9 Å². The predicted molar refractivity (Wildman–Crippen MR) is 111 cm³/mol. The summed E-state index contributed by atoms with van der Waals surface area (Å²) in [5.41, 5.74) is 1.43. The molecule has 0 spiro atoms. The van der Waals surface area contributed by atoms with Gasteiger partial charge in [0, 0.05) is 51.1 Å². The minimum atomic E-state index is 0.322. The van der Waals surface area contributed by atoms with Gasteiger partial charge in [-0.15, -0.1) is 0 Å². The summed E-state index contributed by atoms with van der Waals surface area (Å²) in [6, 6.07) is 11.1. The molecule has 2 fully saturated rings.